The molecule has 2 rings (SSSR count). The molecule has 0 fully saturated rings. The highest BCUT2D eigenvalue weighted by atomic mass is 19.1. The lowest BCUT2D eigenvalue weighted by molar-refractivity contribution is 0.0697. The number of nitrogens with zero attached hydrogens (tertiary/aromatic N) is 2. The molecule has 7 heteroatoms. The number of aromatic carboxylic acids is 1. The minimum atomic E-state index is -1.21. The van der Waals surface area contributed by atoms with Gasteiger partial charge in [0.05, 0.1) is 12.1 Å². The molecule has 0 saturated heterocycles. The molecule has 0 aliphatic rings. The molecule has 1 heterocycles. The molecule has 0 saturated carbocycles. The lowest BCUT2D eigenvalue weighted by Gasteiger charge is -2.07. The van der Waals surface area contributed by atoms with Crippen LogP contribution in [0.4, 0.5) is 10.1 Å². The summed E-state index contributed by atoms with van der Waals surface area (Å²) in [5.74, 6) is -1.43. The lowest BCUT2D eigenvalue weighted by Crippen LogP contribution is -2.07. The highest BCUT2D eigenvalue weighted by molar-refractivity contribution is 5.94. The van der Waals surface area contributed by atoms with Crippen LogP contribution in [0.5, 0.6) is 0 Å². The molecule has 2 N–H and O–H groups in total. The van der Waals surface area contributed by atoms with Crippen LogP contribution in [0.15, 0.2) is 29.1 Å². The Morgan fingerprint density at radius 1 is 1.53 bits per heavy atom. The van der Waals surface area contributed by atoms with Crippen LogP contribution >= 0.6 is 0 Å². The molecular formula is C10H8FN3O3. The molecule has 0 amide bonds. The van der Waals surface area contributed by atoms with Crippen LogP contribution in [0, 0.1) is 5.82 Å². The van der Waals surface area contributed by atoms with E-state index in [0.29, 0.717) is 11.5 Å². The molecule has 0 bridgehead atoms. The van der Waals surface area contributed by atoms with Crippen molar-refractivity contribution in [2.24, 2.45) is 0 Å². The van der Waals surface area contributed by atoms with Gasteiger partial charge in [-0.3, -0.25) is 0 Å². The normalized spacial score (nSPS) is 10.2. The second-order valence-corrected chi connectivity index (χ2v) is 3.20. The number of aromatic nitrogens is 2. The van der Waals surface area contributed by atoms with Crippen LogP contribution in [0.1, 0.15) is 16.2 Å². The van der Waals surface area contributed by atoms with Crippen molar-refractivity contribution >= 4 is 11.7 Å². The number of benzene rings is 1. The smallest absolute Gasteiger partial charge is 0.337 e. The molecule has 0 aliphatic carbocycles. The third-order valence-corrected chi connectivity index (χ3v) is 2.06. The summed E-state index contributed by atoms with van der Waals surface area (Å²) in [7, 11) is 0. The second-order valence-electron chi connectivity index (χ2n) is 3.20. The Morgan fingerprint density at radius 2 is 2.35 bits per heavy atom. The second kappa shape index (κ2) is 4.60. The van der Waals surface area contributed by atoms with Crippen molar-refractivity contribution in [3.8, 4) is 0 Å². The number of carboxylic acid groups (broad SMARTS) is 1. The average molecular weight is 237 g/mol. The molecule has 0 unspecified atom stereocenters. The molecule has 6 nitrogen and oxygen atoms in total. The fourth-order valence-corrected chi connectivity index (χ4v) is 1.29. The first-order valence-corrected chi connectivity index (χ1v) is 4.69. The van der Waals surface area contributed by atoms with Crippen molar-refractivity contribution in [3.63, 3.8) is 0 Å². The third-order valence-electron chi connectivity index (χ3n) is 2.06. The fraction of sp³-hybridized carbons (Fsp3) is 0.100. The van der Waals surface area contributed by atoms with E-state index < -0.39 is 11.8 Å². The first-order valence-electron chi connectivity index (χ1n) is 4.69. The molecule has 0 radical (unpaired) electrons. The Bertz CT molecular complexity index is 528. The average Bonchev–Trinajstić information content (AvgIpc) is 2.80. The van der Waals surface area contributed by atoms with Gasteiger partial charge in [0, 0.05) is 5.69 Å². The number of rotatable bonds is 4. The standard InChI is InChI=1S/C10H8FN3O3/c11-6-1-2-8(7(3-6)10(15)16)12-4-9-13-5-17-14-9/h1-3,5,12H,4H2,(H,15,16). The Kier molecular flexibility index (Phi) is 2.99. The van der Waals surface area contributed by atoms with Crippen molar-refractivity contribution in [2.45, 2.75) is 6.54 Å². The molecule has 0 spiro atoms. The Balaban J connectivity index is 2.17. The van der Waals surface area contributed by atoms with Crippen molar-refractivity contribution < 1.29 is 18.8 Å². The van der Waals surface area contributed by atoms with E-state index >= 15 is 0 Å². The van der Waals surface area contributed by atoms with E-state index in [0.717, 1.165) is 6.07 Å². The topological polar surface area (TPSA) is 88.2 Å². The monoisotopic (exact) mass is 237 g/mol. The zero-order chi connectivity index (χ0) is 12.3. The highest BCUT2D eigenvalue weighted by Crippen LogP contribution is 2.17. The molecule has 0 atom stereocenters. The maximum atomic E-state index is 12.9. The summed E-state index contributed by atoms with van der Waals surface area (Å²) in [5, 5.41) is 15.2. The molecular weight excluding hydrogens is 229 g/mol. The zero-order valence-electron chi connectivity index (χ0n) is 8.55. The number of nitrogens with one attached hydrogen (secondary N) is 1. The SMILES string of the molecule is O=C(O)c1cc(F)ccc1NCc1ncon1. The van der Waals surface area contributed by atoms with E-state index in [2.05, 4.69) is 20.0 Å². The Morgan fingerprint density at radius 3 is 3.00 bits per heavy atom. The van der Waals surface area contributed by atoms with Gasteiger partial charge in [-0.05, 0) is 18.2 Å². The van der Waals surface area contributed by atoms with Gasteiger partial charge in [0.15, 0.2) is 5.82 Å². The predicted octanol–water partition coefficient (Wildman–Crippen LogP) is 1.52. The quantitative estimate of drug-likeness (QED) is 0.838. The van der Waals surface area contributed by atoms with E-state index in [1.54, 1.807) is 0 Å². The van der Waals surface area contributed by atoms with E-state index in [1.165, 1.54) is 18.5 Å². The lowest BCUT2D eigenvalue weighted by atomic mass is 10.1. The number of anilines is 1. The van der Waals surface area contributed by atoms with Crippen LogP contribution in [-0.4, -0.2) is 21.2 Å². The number of carbonyl (C=O) groups is 1. The van der Waals surface area contributed by atoms with Gasteiger partial charge < -0.3 is 14.9 Å². The number of halogens is 1. The first kappa shape index (κ1) is 11.1. The van der Waals surface area contributed by atoms with Crippen LogP contribution in [0.25, 0.3) is 0 Å². The molecule has 88 valence electrons. The molecule has 0 aliphatic heterocycles. The predicted molar refractivity (Wildman–Crippen MR) is 55.0 cm³/mol. The minimum Gasteiger partial charge on any atom is -0.478 e. The summed E-state index contributed by atoms with van der Waals surface area (Å²) in [6.45, 7) is 0.197. The van der Waals surface area contributed by atoms with Crippen molar-refractivity contribution in [3.05, 3.63) is 41.8 Å². The minimum absolute atomic E-state index is 0.145. The summed E-state index contributed by atoms with van der Waals surface area (Å²) in [6, 6.07) is 3.46. The van der Waals surface area contributed by atoms with E-state index in [4.69, 9.17) is 5.11 Å². The summed E-state index contributed by atoms with van der Waals surface area (Å²) < 4.78 is 17.4. The molecule has 1 aromatic carbocycles. The van der Waals surface area contributed by atoms with Gasteiger partial charge in [0.25, 0.3) is 0 Å². The summed E-state index contributed by atoms with van der Waals surface area (Å²) in [5.41, 5.74) is 0.150. The van der Waals surface area contributed by atoms with E-state index in [9.17, 15) is 9.18 Å². The Hall–Kier alpha value is -2.44. The maximum absolute atomic E-state index is 12.9. The summed E-state index contributed by atoms with van der Waals surface area (Å²) in [6.07, 6.45) is 1.17. The van der Waals surface area contributed by atoms with Crippen molar-refractivity contribution in [1.82, 2.24) is 10.1 Å². The van der Waals surface area contributed by atoms with Crippen LogP contribution in [0.3, 0.4) is 0 Å². The fourth-order valence-electron chi connectivity index (χ4n) is 1.29. The van der Waals surface area contributed by atoms with Crippen LogP contribution in [0.2, 0.25) is 0 Å². The van der Waals surface area contributed by atoms with Gasteiger partial charge >= 0.3 is 5.97 Å². The van der Waals surface area contributed by atoms with Crippen molar-refractivity contribution in [2.75, 3.05) is 5.32 Å². The summed E-state index contributed by atoms with van der Waals surface area (Å²) >= 11 is 0. The highest BCUT2D eigenvalue weighted by Gasteiger charge is 2.11. The van der Waals surface area contributed by atoms with Gasteiger partial charge in [0.1, 0.15) is 5.82 Å². The molecule has 2 aromatic rings. The maximum Gasteiger partial charge on any atom is 0.337 e. The van der Waals surface area contributed by atoms with Gasteiger partial charge in [-0.2, -0.15) is 4.98 Å². The zero-order valence-corrected chi connectivity index (χ0v) is 8.55. The van der Waals surface area contributed by atoms with Gasteiger partial charge in [-0.15, -0.1) is 0 Å². The van der Waals surface area contributed by atoms with Gasteiger partial charge in [-0.25, -0.2) is 9.18 Å². The van der Waals surface area contributed by atoms with E-state index in [-0.39, 0.29) is 12.1 Å². The number of carboxylic acids is 1. The van der Waals surface area contributed by atoms with E-state index in [1.807, 2.05) is 0 Å². The first-order chi connectivity index (χ1) is 8.16. The summed E-state index contributed by atoms with van der Waals surface area (Å²) in [4.78, 5) is 14.6. The number of hydrogen-bond acceptors (Lipinski definition) is 5. The third kappa shape index (κ3) is 2.57. The van der Waals surface area contributed by atoms with Crippen LogP contribution < -0.4 is 5.32 Å². The largest absolute Gasteiger partial charge is 0.478 e. The van der Waals surface area contributed by atoms with Gasteiger partial charge in [0.2, 0.25) is 6.39 Å². The Labute approximate surface area is 95.1 Å². The van der Waals surface area contributed by atoms with Gasteiger partial charge in [-0.1, -0.05) is 5.16 Å². The molecule has 1 aromatic heterocycles. The molecule has 17 heavy (non-hydrogen) atoms. The van der Waals surface area contributed by atoms with Crippen molar-refractivity contribution in [1.29, 1.82) is 0 Å². The van der Waals surface area contributed by atoms with Crippen LogP contribution in [-0.2, 0) is 6.54 Å². The number of hydrogen-bond donors (Lipinski definition) is 2.